The Hall–Kier alpha value is -4.03. The summed E-state index contributed by atoms with van der Waals surface area (Å²) in [4.78, 5) is 74.9. The molecule has 0 aromatic carbocycles. The number of carbonyl (C=O) groups is 5. The topological polar surface area (TPSA) is 230 Å². The number of thioether (sulfide) groups is 1. The summed E-state index contributed by atoms with van der Waals surface area (Å²) in [6.45, 7) is 4.37. The third-order valence-corrected chi connectivity index (χ3v) is 9.22. The van der Waals surface area contributed by atoms with Gasteiger partial charge in [0, 0.05) is 36.9 Å². The Morgan fingerprint density at radius 1 is 1.23 bits per heavy atom. The van der Waals surface area contributed by atoms with Crippen LogP contribution in [0.2, 0.25) is 0 Å². The Balaban J connectivity index is 1.31. The second-order valence-corrected chi connectivity index (χ2v) is 12.7. The Bertz CT molecular complexity index is 1460. The van der Waals surface area contributed by atoms with Crippen molar-refractivity contribution in [2.45, 2.75) is 56.2 Å². The molecule has 6 N–H and O–H groups in total. The molecule has 4 aliphatic heterocycles. The van der Waals surface area contributed by atoms with Gasteiger partial charge in [-0.15, -0.1) is 11.8 Å². The Morgan fingerprint density at radius 2 is 1.95 bits per heavy atom. The van der Waals surface area contributed by atoms with E-state index in [-0.39, 0.29) is 34.4 Å². The molecule has 43 heavy (non-hydrogen) atoms. The van der Waals surface area contributed by atoms with E-state index < -0.39 is 46.5 Å². The van der Waals surface area contributed by atoms with E-state index >= 15 is 0 Å². The molecular formula is C25H30N8O8S2. The van der Waals surface area contributed by atoms with Crippen LogP contribution in [0.25, 0.3) is 0 Å². The van der Waals surface area contributed by atoms with Crippen molar-refractivity contribution in [1.82, 2.24) is 29.8 Å². The van der Waals surface area contributed by atoms with Crippen molar-refractivity contribution in [2.75, 3.05) is 31.1 Å². The maximum Gasteiger partial charge on any atom is 0.352 e. The lowest BCUT2D eigenvalue weighted by molar-refractivity contribution is -0.161. The molecule has 4 aliphatic rings. The Labute approximate surface area is 253 Å². The van der Waals surface area contributed by atoms with Crippen LogP contribution in [0, 0.1) is 0 Å². The molecule has 0 saturated carbocycles. The number of carboxylic acids is 2. The summed E-state index contributed by atoms with van der Waals surface area (Å²) in [5.74, 6) is -4.16. The number of likely N-dealkylation sites (tertiary alicyclic amines) is 1. The number of aliphatic carboxylic acids is 2. The summed E-state index contributed by atoms with van der Waals surface area (Å²) in [5, 5.41) is 28.0. The number of oxime groups is 1. The molecule has 5 rings (SSSR count). The fourth-order valence-corrected chi connectivity index (χ4v) is 6.77. The quantitative estimate of drug-likeness (QED) is 0.129. The number of carboxylic acid groups (broad SMARTS) is 2. The van der Waals surface area contributed by atoms with E-state index in [4.69, 9.17) is 10.6 Å². The molecule has 1 aromatic rings. The maximum absolute atomic E-state index is 13.2. The third kappa shape index (κ3) is 6.07. The number of nitrogens with two attached hydrogens (primary N) is 1. The van der Waals surface area contributed by atoms with E-state index in [1.807, 2.05) is 4.90 Å². The summed E-state index contributed by atoms with van der Waals surface area (Å²) >= 11 is 2.05. The largest absolute Gasteiger partial charge is 0.478 e. The fraction of sp³-hybridized carbons (Fsp3) is 0.520. The molecule has 230 valence electrons. The van der Waals surface area contributed by atoms with Gasteiger partial charge < -0.3 is 36.3 Å². The van der Waals surface area contributed by atoms with E-state index in [1.165, 1.54) is 25.6 Å². The van der Waals surface area contributed by atoms with Gasteiger partial charge in [0.1, 0.15) is 17.1 Å². The van der Waals surface area contributed by atoms with Crippen LogP contribution in [0.4, 0.5) is 5.13 Å². The summed E-state index contributed by atoms with van der Waals surface area (Å²) in [6.07, 6.45) is 4.16. The van der Waals surface area contributed by atoms with Gasteiger partial charge in [-0.1, -0.05) is 16.8 Å². The van der Waals surface area contributed by atoms with Gasteiger partial charge in [-0.3, -0.25) is 19.3 Å². The zero-order valence-corrected chi connectivity index (χ0v) is 24.9. The molecule has 0 radical (unpaired) electrons. The highest BCUT2D eigenvalue weighted by atomic mass is 32.2. The number of nitrogen functional groups attached to an aromatic ring is 1. The summed E-state index contributed by atoms with van der Waals surface area (Å²) < 4.78 is 3.93. The highest BCUT2D eigenvalue weighted by Gasteiger charge is 2.54. The minimum Gasteiger partial charge on any atom is -0.478 e. The number of rotatable bonds is 9. The summed E-state index contributed by atoms with van der Waals surface area (Å²) in [6, 6.07) is -1.47. The van der Waals surface area contributed by atoms with Gasteiger partial charge in [0.15, 0.2) is 5.13 Å². The normalized spacial score (nSPS) is 25.1. The van der Waals surface area contributed by atoms with E-state index in [1.54, 1.807) is 6.08 Å². The van der Waals surface area contributed by atoms with Gasteiger partial charge in [-0.25, -0.2) is 9.59 Å². The number of aromatic nitrogens is 2. The maximum atomic E-state index is 13.2. The summed E-state index contributed by atoms with van der Waals surface area (Å²) in [7, 11) is 0. The molecule has 1 aromatic heterocycles. The second kappa shape index (κ2) is 11.9. The minimum atomic E-state index is -1.79. The van der Waals surface area contributed by atoms with Crippen molar-refractivity contribution in [3.05, 3.63) is 28.7 Å². The number of allylic oxidation sites excluding steroid dienone is 1. The predicted molar refractivity (Wildman–Crippen MR) is 154 cm³/mol. The van der Waals surface area contributed by atoms with Crippen LogP contribution >= 0.6 is 23.3 Å². The zero-order chi connectivity index (χ0) is 31.1. The van der Waals surface area contributed by atoms with Crippen LogP contribution in [0.3, 0.4) is 0 Å². The lowest BCUT2D eigenvalue weighted by Gasteiger charge is -2.49. The third-order valence-electron chi connectivity index (χ3n) is 7.37. The number of hydrogen-bond acceptors (Lipinski definition) is 13. The minimum absolute atomic E-state index is 0.0174. The molecule has 3 atom stereocenters. The average Bonchev–Trinajstić information content (AvgIpc) is 3.74. The molecule has 18 heteroatoms. The monoisotopic (exact) mass is 634 g/mol. The highest BCUT2D eigenvalue weighted by molar-refractivity contribution is 8.00. The Kier molecular flexibility index (Phi) is 8.44. The van der Waals surface area contributed by atoms with Crippen LogP contribution in [0.1, 0.15) is 38.9 Å². The number of nitrogens with one attached hydrogen (secondary N) is 2. The first-order valence-electron chi connectivity index (χ1n) is 13.4. The lowest BCUT2D eigenvalue weighted by Crippen LogP contribution is -2.71. The first-order chi connectivity index (χ1) is 20.4. The van der Waals surface area contributed by atoms with Crippen LogP contribution < -0.4 is 16.4 Å². The SMILES string of the molecule is CC(C)(O/N=C(\C(=O)N[C@@H]1C(=O)N2C(C(=O)O)=C(/C=C3\CNC(C(=O)N4CCCC4)C3)CS[C@H]12)c1nsc(N)n1)C(=O)O. The van der Waals surface area contributed by atoms with Crippen molar-refractivity contribution in [3.63, 3.8) is 0 Å². The molecule has 16 nitrogen and oxygen atoms in total. The molecule has 0 spiro atoms. The molecule has 3 amide bonds. The molecular weight excluding hydrogens is 604 g/mol. The number of fused-ring (bicyclic) bond motifs is 1. The van der Waals surface area contributed by atoms with E-state index in [9.17, 15) is 34.2 Å². The van der Waals surface area contributed by atoms with Gasteiger partial charge in [0.2, 0.25) is 23.0 Å². The number of nitrogens with zero attached hydrogens (tertiary/aromatic N) is 5. The van der Waals surface area contributed by atoms with Gasteiger partial charge in [0.05, 0.1) is 6.04 Å². The van der Waals surface area contributed by atoms with Crippen LogP contribution in [0.15, 0.2) is 28.1 Å². The van der Waals surface area contributed by atoms with E-state index in [0.717, 1.165) is 47.9 Å². The van der Waals surface area contributed by atoms with E-state index in [0.29, 0.717) is 18.5 Å². The average molecular weight is 635 g/mol. The molecule has 3 saturated heterocycles. The number of β-lactam (4-membered cyclic amide) rings is 1. The molecule has 0 bridgehead atoms. The smallest absolute Gasteiger partial charge is 0.352 e. The molecule has 3 fully saturated rings. The van der Waals surface area contributed by atoms with E-state index in [2.05, 4.69) is 25.1 Å². The first kappa shape index (κ1) is 30.4. The van der Waals surface area contributed by atoms with Gasteiger partial charge >= 0.3 is 11.9 Å². The molecule has 0 aliphatic carbocycles. The number of hydrogen-bond donors (Lipinski definition) is 5. The number of amides is 3. The van der Waals surface area contributed by atoms with Crippen molar-refractivity contribution in [2.24, 2.45) is 5.16 Å². The standard InChI is InChI=1S/C25H30N8O8S2/c1-25(2,23(39)40)41-30-14(17-29-24(26)43-31-17)18(34)28-15-20(36)33-16(22(37)38)12(10-42-21(15)33)7-11-8-13(27-9-11)19(35)32-5-3-4-6-32/h7,13,15,21,27H,3-6,8-10H2,1-2H3,(H,28,34)(H,37,38)(H,39,40)(H2,26,29,31)/b11-7-,30-14-/t13?,15-,21-/m1/s1. The zero-order valence-electron chi connectivity index (χ0n) is 23.2. The highest BCUT2D eigenvalue weighted by Crippen LogP contribution is 2.41. The Morgan fingerprint density at radius 3 is 2.58 bits per heavy atom. The molecule has 1 unspecified atom stereocenters. The van der Waals surface area contributed by atoms with Gasteiger partial charge in [-0.2, -0.15) is 9.36 Å². The van der Waals surface area contributed by atoms with Crippen LogP contribution in [0.5, 0.6) is 0 Å². The first-order valence-corrected chi connectivity index (χ1v) is 15.2. The number of anilines is 1. The van der Waals surface area contributed by atoms with Gasteiger partial charge in [-0.05, 0) is 38.7 Å². The van der Waals surface area contributed by atoms with Gasteiger partial charge in [0.25, 0.3) is 11.8 Å². The van der Waals surface area contributed by atoms with Crippen LogP contribution in [-0.4, -0.2) is 113 Å². The fourth-order valence-electron chi connectivity index (χ4n) is 5.03. The van der Waals surface area contributed by atoms with Crippen LogP contribution in [-0.2, 0) is 28.8 Å². The van der Waals surface area contributed by atoms with Crippen molar-refractivity contribution in [1.29, 1.82) is 0 Å². The van der Waals surface area contributed by atoms with Crippen molar-refractivity contribution in [3.8, 4) is 0 Å². The second-order valence-electron chi connectivity index (χ2n) is 10.8. The van der Waals surface area contributed by atoms with Crippen molar-refractivity contribution >= 4 is 63.8 Å². The van der Waals surface area contributed by atoms with Crippen molar-refractivity contribution < 1.29 is 39.0 Å². The summed E-state index contributed by atoms with van der Waals surface area (Å²) in [5.41, 5.74) is 4.45. The number of carbonyl (C=O) groups excluding carboxylic acids is 3. The predicted octanol–water partition coefficient (Wildman–Crippen LogP) is -0.646. The lowest BCUT2D eigenvalue weighted by atomic mass is 10.0. The molecule has 5 heterocycles.